The zero-order valence-electron chi connectivity index (χ0n) is 20.6. The van der Waals surface area contributed by atoms with Gasteiger partial charge in [0.15, 0.2) is 18.1 Å². The predicted molar refractivity (Wildman–Crippen MR) is 132 cm³/mol. The third-order valence-corrected chi connectivity index (χ3v) is 5.74. The van der Waals surface area contributed by atoms with Crippen LogP contribution in [-0.2, 0) is 33.8 Å². The number of carbonyl (C=O) groups excluding carboxylic acids is 2. The Kier molecular flexibility index (Phi) is 8.83. The average Bonchev–Trinajstić information content (AvgIpc) is 2.88. The molecule has 0 aliphatic heterocycles. The Morgan fingerprint density at radius 3 is 2.34 bits per heavy atom. The van der Waals surface area contributed by atoms with Gasteiger partial charge in [0.05, 0.1) is 31.4 Å². The van der Waals surface area contributed by atoms with E-state index in [1.54, 1.807) is 19.2 Å². The van der Waals surface area contributed by atoms with E-state index in [9.17, 15) is 14.4 Å². The first-order valence-electron chi connectivity index (χ1n) is 11.4. The van der Waals surface area contributed by atoms with Crippen molar-refractivity contribution in [2.75, 3.05) is 27.9 Å². The summed E-state index contributed by atoms with van der Waals surface area (Å²) in [7, 11) is 4.69. The highest BCUT2D eigenvalue weighted by atomic mass is 16.5. The van der Waals surface area contributed by atoms with Crippen LogP contribution in [0.5, 0.6) is 11.5 Å². The van der Waals surface area contributed by atoms with Gasteiger partial charge >= 0.3 is 5.97 Å². The van der Waals surface area contributed by atoms with Gasteiger partial charge in [-0.3, -0.25) is 19.0 Å². The largest absolute Gasteiger partial charge is 0.493 e. The van der Waals surface area contributed by atoms with Crippen molar-refractivity contribution in [3.63, 3.8) is 0 Å². The summed E-state index contributed by atoms with van der Waals surface area (Å²) in [5.74, 6) is 0.152. The van der Waals surface area contributed by atoms with Gasteiger partial charge in [0.25, 0.3) is 11.5 Å². The highest BCUT2D eigenvalue weighted by molar-refractivity contribution is 5.82. The number of esters is 1. The summed E-state index contributed by atoms with van der Waals surface area (Å²) in [6, 6.07) is 11.3. The molecule has 0 saturated carbocycles. The lowest BCUT2D eigenvalue weighted by Gasteiger charge is -2.17. The molecule has 1 heterocycles. The van der Waals surface area contributed by atoms with Crippen molar-refractivity contribution < 1.29 is 23.8 Å². The zero-order valence-corrected chi connectivity index (χ0v) is 20.6. The molecule has 1 amide bonds. The zero-order chi connectivity index (χ0) is 25.4. The monoisotopic (exact) mass is 481 g/mol. The number of hydrogen-bond acceptors (Lipinski definition) is 7. The van der Waals surface area contributed by atoms with Crippen molar-refractivity contribution in [1.29, 1.82) is 0 Å². The van der Waals surface area contributed by atoms with Gasteiger partial charge in [-0.15, -0.1) is 0 Å². The molecule has 0 saturated heterocycles. The molecule has 0 spiro atoms. The topological polar surface area (TPSA) is 100.0 Å². The van der Waals surface area contributed by atoms with Crippen molar-refractivity contribution in [1.82, 2.24) is 14.5 Å². The first kappa shape index (κ1) is 25.7. The van der Waals surface area contributed by atoms with E-state index in [1.807, 2.05) is 24.3 Å². The summed E-state index contributed by atoms with van der Waals surface area (Å²) in [6.07, 6.45) is 2.84. The molecule has 0 aliphatic carbocycles. The Morgan fingerprint density at radius 2 is 1.69 bits per heavy atom. The lowest BCUT2D eigenvalue weighted by atomic mass is 10.1. The van der Waals surface area contributed by atoms with Crippen LogP contribution in [0.3, 0.4) is 0 Å². The first-order chi connectivity index (χ1) is 16.9. The van der Waals surface area contributed by atoms with Crippen LogP contribution < -0.4 is 15.0 Å². The number of ether oxygens (including phenoxy) is 3. The number of methoxy groups -OCH3 is 2. The molecule has 1 aromatic heterocycles. The molecule has 0 atom stereocenters. The number of carbonyl (C=O) groups is 2. The fourth-order valence-electron chi connectivity index (χ4n) is 3.61. The number of amides is 1. The lowest BCUT2D eigenvalue weighted by molar-refractivity contribution is -0.151. The van der Waals surface area contributed by atoms with Crippen molar-refractivity contribution in [2.24, 2.45) is 0 Å². The molecule has 9 nitrogen and oxygen atoms in total. The van der Waals surface area contributed by atoms with Crippen LogP contribution >= 0.6 is 0 Å². The van der Waals surface area contributed by atoms with E-state index < -0.39 is 5.97 Å². The van der Waals surface area contributed by atoms with Crippen LogP contribution in [0.2, 0.25) is 0 Å². The van der Waals surface area contributed by atoms with Gasteiger partial charge in [-0.05, 0) is 30.0 Å². The third kappa shape index (κ3) is 6.59. The van der Waals surface area contributed by atoms with E-state index in [0.29, 0.717) is 35.4 Å². The number of aryl methyl sites for hydroxylation is 2. The second-order valence-electron chi connectivity index (χ2n) is 8.15. The van der Waals surface area contributed by atoms with Crippen LogP contribution in [0.15, 0.2) is 47.5 Å². The second kappa shape index (κ2) is 12.0. The maximum atomic E-state index is 12.8. The molecule has 0 bridgehead atoms. The molecular formula is C26H31N3O6. The predicted octanol–water partition coefficient (Wildman–Crippen LogP) is 2.96. The number of benzene rings is 2. The summed E-state index contributed by atoms with van der Waals surface area (Å²) < 4.78 is 17.1. The Hall–Kier alpha value is -3.88. The van der Waals surface area contributed by atoms with E-state index in [2.05, 4.69) is 11.9 Å². The van der Waals surface area contributed by atoms with Crippen molar-refractivity contribution >= 4 is 22.8 Å². The molecule has 0 fully saturated rings. The van der Waals surface area contributed by atoms with Crippen molar-refractivity contribution in [2.45, 2.75) is 39.3 Å². The summed E-state index contributed by atoms with van der Waals surface area (Å²) in [6.45, 7) is 2.49. The van der Waals surface area contributed by atoms with Crippen LogP contribution in [-0.4, -0.2) is 54.2 Å². The molecule has 3 aromatic rings. The minimum atomic E-state index is -0.493. The summed E-state index contributed by atoms with van der Waals surface area (Å²) in [4.78, 5) is 43.1. The first-order valence-corrected chi connectivity index (χ1v) is 11.4. The summed E-state index contributed by atoms with van der Waals surface area (Å²) in [5, 5.41) is 0.394. The molecule has 186 valence electrons. The SMILES string of the molecule is CCc1ccc(CN(C)C(=O)COC(=O)CCCn2cnc3cc(OC)c(OC)cc3c2=O)cc1. The van der Waals surface area contributed by atoms with Gasteiger partial charge in [-0.2, -0.15) is 0 Å². The summed E-state index contributed by atoms with van der Waals surface area (Å²) >= 11 is 0. The van der Waals surface area contributed by atoms with Crippen molar-refractivity contribution in [3.05, 3.63) is 64.2 Å². The Labute approximate surface area is 204 Å². The van der Waals surface area contributed by atoms with Crippen molar-refractivity contribution in [3.8, 4) is 11.5 Å². The van der Waals surface area contributed by atoms with E-state index in [0.717, 1.165) is 12.0 Å². The average molecular weight is 482 g/mol. The number of hydrogen-bond donors (Lipinski definition) is 0. The maximum Gasteiger partial charge on any atom is 0.306 e. The normalized spacial score (nSPS) is 10.7. The quantitative estimate of drug-likeness (QED) is 0.388. The lowest BCUT2D eigenvalue weighted by Crippen LogP contribution is -2.30. The van der Waals surface area contributed by atoms with Gasteiger partial charge in [-0.1, -0.05) is 31.2 Å². The molecule has 0 aliphatic rings. The fraction of sp³-hybridized carbons (Fsp3) is 0.385. The number of rotatable bonds is 11. The van der Waals surface area contributed by atoms with Crippen LogP contribution in [0.1, 0.15) is 30.9 Å². The highest BCUT2D eigenvalue weighted by Crippen LogP contribution is 2.29. The number of nitrogens with zero attached hydrogens (tertiary/aromatic N) is 3. The Morgan fingerprint density at radius 1 is 1.03 bits per heavy atom. The van der Waals surface area contributed by atoms with E-state index >= 15 is 0 Å². The molecular weight excluding hydrogens is 450 g/mol. The number of likely N-dealkylation sites (N-methyl/N-ethyl adjacent to an activating group) is 1. The van der Waals surface area contributed by atoms with Gasteiger partial charge in [-0.25, -0.2) is 4.98 Å². The van der Waals surface area contributed by atoms with E-state index in [4.69, 9.17) is 14.2 Å². The van der Waals surface area contributed by atoms with Gasteiger partial charge in [0.2, 0.25) is 0 Å². The van der Waals surface area contributed by atoms with E-state index in [-0.39, 0.29) is 31.0 Å². The maximum absolute atomic E-state index is 12.8. The molecule has 2 aromatic carbocycles. The smallest absolute Gasteiger partial charge is 0.306 e. The number of aromatic nitrogens is 2. The van der Waals surface area contributed by atoms with Crippen LogP contribution in [0, 0.1) is 0 Å². The van der Waals surface area contributed by atoms with Gasteiger partial charge in [0.1, 0.15) is 0 Å². The van der Waals surface area contributed by atoms with E-state index in [1.165, 1.54) is 35.6 Å². The van der Waals surface area contributed by atoms with Crippen LogP contribution in [0.25, 0.3) is 10.9 Å². The Balaban J connectivity index is 1.48. The molecule has 9 heteroatoms. The fourth-order valence-corrected chi connectivity index (χ4v) is 3.61. The highest BCUT2D eigenvalue weighted by Gasteiger charge is 2.14. The van der Waals surface area contributed by atoms with Crippen LogP contribution in [0.4, 0.5) is 0 Å². The number of fused-ring (bicyclic) bond motifs is 1. The van der Waals surface area contributed by atoms with Gasteiger partial charge < -0.3 is 19.1 Å². The third-order valence-electron chi connectivity index (χ3n) is 5.74. The molecule has 0 radical (unpaired) electrons. The molecule has 0 unspecified atom stereocenters. The minimum absolute atomic E-state index is 0.0753. The standard InChI is InChI=1S/C26H31N3O6/c1-5-18-8-10-19(11-9-18)15-28(2)24(30)16-35-25(31)7-6-12-29-17-27-21-14-23(34-4)22(33-3)13-20(21)26(29)32/h8-11,13-14,17H,5-7,12,15-16H2,1-4H3. The summed E-state index contributed by atoms with van der Waals surface area (Å²) in [5.41, 5.74) is 2.49. The molecule has 0 N–H and O–H groups in total. The Bertz CT molecular complexity index is 1240. The minimum Gasteiger partial charge on any atom is -0.493 e. The van der Waals surface area contributed by atoms with Gasteiger partial charge in [0, 0.05) is 32.6 Å². The molecule has 3 rings (SSSR count). The molecule has 35 heavy (non-hydrogen) atoms. The second-order valence-corrected chi connectivity index (χ2v) is 8.15.